The van der Waals surface area contributed by atoms with Crippen molar-refractivity contribution >= 4 is 11.9 Å². The molecule has 0 saturated carbocycles. The zero-order valence-electron chi connectivity index (χ0n) is 8.31. The van der Waals surface area contributed by atoms with Crippen molar-refractivity contribution in [2.75, 3.05) is 6.54 Å². The van der Waals surface area contributed by atoms with Crippen LogP contribution in [-0.2, 0) is 9.59 Å². The number of carboxylic acid groups (broad SMARTS) is 1. The first-order chi connectivity index (χ1) is 7.59. The van der Waals surface area contributed by atoms with Gasteiger partial charge in [0.1, 0.15) is 11.7 Å². The van der Waals surface area contributed by atoms with E-state index in [1.165, 1.54) is 24.3 Å². The molecule has 0 aliphatic carbocycles. The number of halogens is 1. The molecule has 2 atom stereocenters. The Morgan fingerprint density at radius 3 is 2.56 bits per heavy atom. The van der Waals surface area contributed by atoms with Gasteiger partial charge in [-0.15, -0.1) is 0 Å². The van der Waals surface area contributed by atoms with Crippen LogP contribution in [-0.4, -0.2) is 23.5 Å². The van der Waals surface area contributed by atoms with Crippen molar-refractivity contribution in [3.8, 4) is 0 Å². The number of carboxylic acids is 1. The number of carbonyl (C=O) groups is 2. The van der Waals surface area contributed by atoms with E-state index in [1.54, 1.807) is 0 Å². The fourth-order valence-corrected chi connectivity index (χ4v) is 1.93. The number of rotatable bonds is 2. The SMILES string of the molecule is O=C(O)[C@H]1C(=O)NC[C@@H]1c1ccc(F)cc1. The van der Waals surface area contributed by atoms with E-state index in [1.807, 2.05) is 0 Å². The van der Waals surface area contributed by atoms with Crippen LogP contribution in [0.25, 0.3) is 0 Å². The average molecular weight is 223 g/mol. The largest absolute Gasteiger partial charge is 0.481 e. The van der Waals surface area contributed by atoms with Crippen LogP contribution in [0.4, 0.5) is 4.39 Å². The van der Waals surface area contributed by atoms with Gasteiger partial charge >= 0.3 is 5.97 Å². The van der Waals surface area contributed by atoms with Gasteiger partial charge in [-0.25, -0.2) is 4.39 Å². The van der Waals surface area contributed by atoms with E-state index < -0.39 is 23.7 Å². The maximum atomic E-state index is 12.7. The Morgan fingerprint density at radius 2 is 2.00 bits per heavy atom. The van der Waals surface area contributed by atoms with Crippen LogP contribution in [0.5, 0.6) is 0 Å². The maximum Gasteiger partial charge on any atom is 0.316 e. The second kappa shape index (κ2) is 3.92. The molecule has 5 heteroatoms. The molecule has 0 spiro atoms. The minimum Gasteiger partial charge on any atom is -0.481 e. The number of hydrogen-bond acceptors (Lipinski definition) is 2. The van der Waals surface area contributed by atoms with Crippen LogP contribution in [0.2, 0.25) is 0 Å². The normalized spacial score (nSPS) is 24.2. The van der Waals surface area contributed by atoms with Crippen LogP contribution < -0.4 is 5.32 Å². The molecule has 2 N–H and O–H groups in total. The Morgan fingerprint density at radius 1 is 1.38 bits per heavy atom. The van der Waals surface area contributed by atoms with E-state index in [0.29, 0.717) is 5.56 Å². The van der Waals surface area contributed by atoms with Crippen molar-refractivity contribution in [2.45, 2.75) is 5.92 Å². The molecule has 0 aromatic heterocycles. The highest BCUT2D eigenvalue weighted by Crippen LogP contribution is 2.29. The van der Waals surface area contributed by atoms with Crippen LogP contribution in [0.15, 0.2) is 24.3 Å². The highest BCUT2D eigenvalue weighted by Gasteiger charge is 2.40. The fourth-order valence-electron chi connectivity index (χ4n) is 1.93. The Kier molecular flexibility index (Phi) is 2.60. The van der Waals surface area contributed by atoms with E-state index in [9.17, 15) is 14.0 Å². The molecule has 1 fully saturated rings. The molecule has 1 aliphatic rings. The molecular formula is C11H10FNO3. The molecule has 1 aromatic carbocycles. The average Bonchev–Trinajstić information content (AvgIpc) is 2.61. The Bertz CT molecular complexity index is 429. The van der Waals surface area contributed by atoms with Crippen molar-refractivity contribution in [2.24, 2.45) is 5.92 Å². The summed E-state index contributed by atoms with van der Waals surface area (Å²) in [4.78, 5) is 22.2. The number of hydrogen-bond donors (Lipinski definition) is 2. The van der Waals surface area contributed by atoms with Gasteiger partial charge in [0, 0.05) is 12.5 Å². The molecule has 0 radical (unpaired) electrons. The summed E-state index contributed by atoms with van der Waals surface area (Å²) in [6.07, 6.45) is 0. The molecule has 16 heavy (non-hydrogen) atoms. The van der Waals surface area contributed by atoms with Gasteiger partial charge < -0.3 is 10.4 Å². The van der Waals surface area contributed by atoms with Gasteiger partial charge in [0.05, 0.1) is 0 Å². The van der Waals surface area contributed by atoms with E-state index in [-0.39, 0.29) is 12.4 Å². The molecule has 1 aliphatic heterocycles. The lowest BCUT2D eigenvalue weighted by Gasteiger charge is -2.12. The summed E-state index contributed by atoms with van der Waals surface area (Å²) < 4.78 is 12.7. The van der Waals surface area contributed by atoms with Crippen molar-refractivity contribution in [1.29, 1.82) is 0 Å². The van der Waals surface area contributed by atoms with Crippen molar-refractivity contribution in [3.63, 3.8) is 0 Å². The molecule has 1 aromatic rings. The summed E-state index contributed by atoms with van der Waals surface area (Å²) in [6, 6.07) is 5.54. The lowest BCUT2D eigenvalue weighted by molar-refractivity contribution is -0.145. The van der Waals surface area contributed by atoms with E-state index in [2.05, 4.69) is 5.32 Å². The summed E-state index contributed by atoms with van der Waals surface area (Å²) in [7, 11) is 0. The van der Waals surface area contributed by atoms with Gasteiger partial charge in [0.2, 0.25) is 5.91 Å². The Hall–Kier alpha value is -1.91. The van der Waals surface area contributed by atoms with Gasteiger partial charge in [0.15, 0.2) is 0 Å². The first-order valence-corrected chi connectivity index (χ1v) is 4.85. The van der Waals surface area contributed by atoms with E-state index in [0.717, 1.165) is 0 Å². The molecule has 0 bridgehead atoms. The standard InChI is InChI=1S/C11H10FNO3/c12-7-3-1-6(2-4-7)8-5-13-10(14)9(8)11(15)16/h1-4,8-9H,5H2,(H,13,14)(H,15,16)/t8-,9-/m1/s1. The number of nitrogens with one attached hydrogen (secondary N) is 1. The topological polar surface area (TPSA) is 66.4 Å². The predicted molar refractivity (Wildman–Crippen MR) is 53.3 cm³/mol. The number of amides is 1. The van der Waals surface area contributed by atoms with Crippen LogP contribution in [0.1, 0.15) is 11.5 Å². The second-order valence-electron chi connectivity index (χ2n) is 3.72. The molecule has 0 unspecified atom stereocenters. The summed E-state index contributed by atoms with van der Waals surface area (Å²) in [5.41, 5.74) is 0.659. The molecule has 1 amide bonds. The monoisotopic (exact) mass is 223 g/mol. The van der Waals surface area contributed by atoms with Gasteiger partial charge in [-0.1, -0.05) is 12.1 Å². The molecule has 4 nitrogen and oxygen atoms in total. The van der Waals surface area contributed by atoms with Crippen molar-refractivity contribution < 1.29 is 19.1 Å². The minimum absolute atomic E-state index is 0.279. The maximum absolute atomic E-state index is 12.7. The van der Waals surface area contributed by atoms with Gasteiger partial charge in [-0.05, 0) is 17.7 Å². The first kappa shape index (κ1) is 10.6. The zero-order chi connectivity index (χ0) is 11.7. The summed E-state index contributed by atoms with van der Waals surface area (Å²) >= 11 is 0. The van der Waals surface area contributed by atoms with Crippen molar-refractivity contribution in [1.82, 2.24) is 5.32 Å². The van der Waals surface area contributed by atoms with Gasteiger partial charge in [-0.3, -0.25) is 9.59 Å². The van der Waals surface area contributed by atoms with Gasteiger partial charge in [-0.2, -0.15) is 0 Å². The molecular weight excluding hydrogens is 213 g/mol. The molecule has 1 heterocycles. The van der Waals surface area contributed by atoms with E-state index in [4.69, 9.17) is 5.11 Å². The van der Waals surface area contributed by atoms with E-state index >= 15 is 0 Å². The summed E-state index contributed by atoms with van der Waals surface area (Å²) in [5.74, 6) is -3.52. The number of aliphatic carboxylic acids is 1. The lowest BCUT2D eigenvalue weighted by Crippen LogP contribution is -2.26. The number of benzene rings is 1. The minimum atomic E-state index is -1.15. The second-order valence-corrected chi connectivity index (χ2v) is 3.72. The number of carbonyl (C=O) groups excluding carboxylic acids is 1. The smallest absolute Gasteiger partial charge is 0.316 e. The van der Waals surface area contributed by atoms with Crippen LogP contribution in [0, 0.1) is 11.7 Å². The third-order valence-electron chi connectivity index (χ3n) is 2.75. The first-order valence-electron chi connectivity index (χ1n) is 4.85. The molecule has 1 saturated heterocycles. The molecule has 2 rings (SSSR count). The molecule has 84 valence electrons. The van der Waals surface area contributed by atoms with Crippen LogP contribution >= 0.6 is 0 Å². The summed E-state index contributed by atoms with van der Waals surface area (Å²) in [5, 5.41) is 11.4. The predicted octanol–water partition coefficient (Wildman–Crippen LogP) is 0.740. The third-order valence-corrected chi connectivity index (χ3v) is 2.75. The Balaban J connectivity index is 2.30. The highest BCUT2D eigenvalue weighted by atomic mass is 19.1. The highest BCUT2D eigenvalue weighted by molar-refractivity contribution is 5.99. The lowest BCUT2D eigenvalue weighted by atomic mass is 9.89. The fraction of sp³-hybridized carbons (Fsp3) is 0.273. The third kappa shape index (κ3) is 1.76. The quantitative estimate of drug-likeness (QED) is 0.727. The van der Waals surface area contributed by atoms with Gasteiger partial charge in [0.25, 0.3) is 0 Å². The zero-order valence-corrected chi connectivity index (χ0v) is 8.31. The van der Waals surface area contributed by atoms with Crippen LogP contribution in [0.3, 0.4) is 0 Å². The summed E-state index contributed by atoms with van der Waals surface area (Å²) in [6.45, 7) is 0.279. The van der Waals surface area contributed by atoms with Crippen molar-refractivity contribution in [3.05, 3.63) is 35.6 Å². The Labute approximate surface area is 91.1 Å².